The average molecular weight is 1460 g/mol. The van der Waals surface area contributed by atoms with Crippen LogP contribution in [0.25, 0.3) is 10.8 Å². The zero-order valence-corrected chi connectivity index (χ0v) is 53.4. The summed E-state index contributed by atoms with van der Waals surface area (Å²) in [6.07, 6.45) is 0. The molecule has 0 saturated heterocycles. The third-order valence-corrected chi connectivity index (χ3v) is 20.2. The molecule has 13 N–H and O–H groups in total. The number of benzene rings is 7. The lowest BCUT2D eigenvalue weighted by atomic mass is 10.1. The van der Waals surface area contributed by atoms with E-state index in [0.717, 1.165) is 97.1 Å². The first-order valence-corrected chi connectivity index (χ1v) is 37.0. The van der Waals surface area contributed by atoms with E-state index in [-0.39, 0.29) is 66.3 Å². The van der Waals surface area contributed by atoms with Gasteiger partial charge in [0.15, 0.2) is 19.7 Å². The van der Waals surface area contributed by atoms with Gasteiger partial charge in [-0.05, 0) is 122 Å². The summed E-state index contributed by atoms with van der Waals surface area (Å²) in [6, 6.07) is 21.7. The van der Waals surface area contributed by atoms with Gasteiger partial charge in [-0.15, -0.1) is 10.2 Å². The Hall–Kier alpha value is -9.11. The smallest absolute Gasteiger partial charge is 0.397 e. The number of nitrogens with one attached hydrogen (secondary N) is 3. The Bertz CT molecular complexity index is 5200. The maximum Gasteiger partial charge on any atom is 0.397 e. The molecule has 0 unspecified atom stereocenters. The topological polar surface area (TPSA) is 614 Å². The molecule has 0 fully saturated rings. The van der Waals surface area contributed by atoms with Gasteiger partial charge in [0.1, 0.15) is 31.0 Å². The van der Waals surface area contributed by atoms with E-state index in [0.29, 0.717) is 5.56 Å². The van der Waals surface area contributed by atoms with Crippen LogP contribution in [0.15, 0.2) is 181 Å². The molecule has 0 bridgehead atoms. The molecular weight excluding hydrogens is 1410 g/mol. The Balaban J connectivity index is 1.19. The second-order valence-electron chi connectivity index (χ2n) is 18.9. The van der Waals surface area contributed by atoms with Crippen LogP contribution in [0.5, 0.6) is 0 Å². The van der Waals surface area contributed by atoms with Crippen molar-refractivity contribution in [3.05, 3.63) is 127 Å². The van der Waals surface area contributed by atoms with E-state index < -0.39 is 160 Å². The van der Waals surface area contributed by atoms with Crippen molar-refractivity contribution in [2.24, 2.45) is 30.7 Å². The van der Waals surface area contributed by atoms with E-state index >= 15 is 0 Å². The summed E-state index contributed by atoms with van der Waals surface area (Å²) >= 11 is 0. The van der Waals surface area contributed by atoms with Crippen molar-refractivity contribution < 1.29 is 103 Å². The SMILES string of the molecule is Cc1cc(Nc2nc(Nc3cc(N)c(S(=O)(=O)O)cc3N=Nc3ccc(S(=O)(=O)CCOS(=O)(=O)O)cc3)nc(Nc3cc(N)c(S(=O)(=O)O)cc3N=Nc3ccc(S(=O)(=O)CCOS(=O)(=O)O)cc3)n2)ccc1N=Nc1cc(S(=O)(=O)O)c2cccc(S(=O)(=O)O)c2c1. The first-order valence-electron chi connectivity index (χ1n) is 25.2. The van der Waals surface area contributed by atoms with E-state index in [1.165, 1.54) is 31.2 Å². The zero-order valence-electron chi connectivity index (χ0n) is 46.9. The number of nitrogens with two attached hydrogens (primary N) is 2. The quantitative estimate of drug-likeness (QED) is 0.0146. The molecule has 0 saturated carbocycles. The molecule has 0 aliphatic carbocycles. The van der Waals surface area contributed by atoms with E-state index in [2.05, 4.69) is 70.0 Å². The molecule has 94 heavy (non-hydrogen) atoms. The maximum absolute atomic E-state index is 12.8. The van der Waals surface area contributed by atoms with Gasteiger partial charge in [0.05, 0.1) is 80.0 Å². The Morgan fingerprint density at radius 1 is 0.404 bits per heavy atom. The fourth-order valence-electron chi connectivity index (χ4n) is 8.06. The Labute approximate surface area is 532 Å². The Kier molecular flexibility index (Phi) is 20.4. The van der Waals surface area contributed by atoms with Crippen LogP contribution < -0.4 is 27.4 Å². The minimum Gasteiger partial charge on any atom is -0.398 e. The van der Waals surface area contributed by atoms with Gasteiger partial charge in [0.25, 0.3) is 40.5 Å². The molecule has 8 rings (SSSR count). The third-order valence-electron chi connectivity index (χ3n) is 12.2. The monoisotopic (exact) mass is 1460 g/mol. The molecule has 1 aromatic heterocycles. The van der Waals surface area contributed by atoms with Crippen molar-refractivity contribution in [3.63, 3.8) is 0 Å². The summed E-state index contributed by atoms with van der Waals surface area (Å²) in [5.74, 6) is -3.14. The number of nitrogen functional groups attached to an aromatic ring is 2. The lowest BCUT2D eigenvalue weighted by Crippen LogP contribution is -2.15. The first kappa shape index (κ1) is 70.8. The van der Waals surface area contributed by atoms with Gasteiger partial charge in [0, 0.05) is 16.5 Å². The highest BCUT2D eigenvalue weighted by atomic mass is 32.3. The normalized spacial score (nSPS) is 13.1. The van der Waals surface area contributed by atoms with Gasteiger partial charge in [-0.2, -0.15) is 85.9 Å². The maximum atomic E-state index is 12.8. The number of hydrogen-bond acceptors (Lipinski definition) is 32. The van der Waals surface area contributed by atoms with E-state index in [4.69, 9.17) is 20.6 Å². The summed E-state index contributed by atoms with van der Waals surface area (Å²) in [5.41, 5.74) is 9.73. The van der Waals surface area contributed by atoms with Gasteiger partial charge in [-0.1, -0.05) is 12.1 Å². The second kappa shape index (κ2) is 27.1. The average Bonchev–Trinajstić information content (AvgIpc) is 0.832. The molecule has 0 atom stereocenters. The minimum absolute atomic E-state index is 0.0845. The number of hydrogen-bond donors (Lipinski definition) is 11. The highest BCUT2D eigenvalue weighted by molar-refractivity contribution is 7.92. The van der Waals surface area contributed by atoms with Crippen LogP contribution in [-0.4, -0.2) is 134 Å². The van der Waals surface area contributed by atoms with Gasteiger partial charge in [-0.3, -0.25) is 27.3 Å². The number of anilines is 8. The molecule has 8 aromatic rings. The summed E-state index contributed by atoms with van der Waals surface area (Å²) in [7, 11) is -38.5. The standard InChI is InChI=1S/C48H44N14O24S8/c1-26-19-29(9-14-37(26)60-59-30-20-34-33(43(21-30)90(70,71)72)3-2-4-42(34)89(67,68)69)51-46-54-47(52-38-22-35(49)44(91(73,74)75)24-40(38)61-57-27-5-10-31(11-6-27)87(63,64)17-15-85-93(79,80)81)56-48(55-46)53-39-23-36(50)45(92(76,77)78)25-41(39)62-58-28-7-12-32(13-8-28)88(65,66)18-16-86-94(82,83)84/h2-14,19-25H,15-18,49-50H2,1H3,(H,67,68,69)(H,70,71,72)(H,73,74,75)(H,76,77,78)(H,79,80,81)(H,82,83,84)(H3,51,52,53,54,55,56). The van der Waals surface area contributed by atoms with Gasteiger partial charge in [0.2, 0.25) is 17.8 Å². The van der Waals surface area contributed by atoms with Crippen molar-refractivity contribution in [3.8, 4) is 0 Å². The number of fused-ring (bicyclic) bond motifs is 1. The lowest BCUT2D eigenvalue weighted by Gasteiger charge is -2.15. The van der Waals surface area contributed by atoms with Crippen molar-refractivity contribution >= 4 is 172 Å². The van der Waals surface area contributed by atoms with Gasteiger partial charge in [-0.25, -0.2) is 25.2 Å². The van der Waals surface area contributed by atoms with Crippen molar-refractivity contribution in [2.75, 3.05) is 52.1 Å². The number of aryl methyl sites for hydroxylation is 1. The highest BCUT2D eigenvalue weighted by Gasteiger charge is 2.25. The Morgan fingerprint density at radius 3 is 1.21 bits per heavy atom. The minimum atomic E-state index is -5.10. The molecule has 38 nitrogen and oxygen atoms in total. The van der Waals surface area contributed by atoms with Crippen molar-refractivity contribution in [1.82, 2.24) is 15.0 Å². The van der Waals surface area contributed by atoms with Crippen LogP contribution in [0.1, 0.15) is 5.56 Å². The van der Waals surface area contributed by atoms with Gasteiger partial charge >= 0.3 is 20.8 Å². The van der Waals surface area contributed by atoms with Crippen LogP contribution in [0.3, 0.4) is 0 Å². The molecule has 46 heteroatoms. The molecule has 0 radical (unpaired) electrons. The van der Waals surface area contributed by atoms with Crippen molar-refractivity contribution in [1.29, 1.82) is 0 Å². The molecule has 0 aliphatic heterocycles. The van der Waals surface area contributed by atoms with E-state index in [9.17, 15) is 85.6 Å². The Morgan fingerprint density at radius 2 is 0.809 bits per heavy atom. The van der Waals surface area contributed by atoms with Crippen molar-refractivity contribution in [2.45, 2.75) is 36.3 Å². The molecule has 1 heterocycles. The number of aromatic nitrogens is 3. The first-order chi connectivity index (χ1) is 43.5. The fourth-order valence-corrected chi connectivity index (χ4v) is 13.7. The summed E-state index contributed by atoms with van der Waals surface area (Å²) < 4.78 is 260. The summed E-state index contributed by atoms with van der Waals surface area (Å²) in [5, 5.41) is 32.2. The van der Waals surface area contributed by atoms with Crippen LogP contribution >= 0.6 is 0 Å². The second-order valence-corrected chi connectivity index (χ2v) is 30.9. The number of azo groups is 3. The van der Waals surface area contributed by atoms with Crippen LogP contribution in [0, 0.1) is 6.92 Å². The lowest BCUT2D eigenvalue weighted by molar-refractivity contribution is 0.282. The summed E-state index contributed by atoms with van der Waals surface area (Å²) in [4.78, 5) is 9.20. The summed E-state index contributed by atoms with van der Waals surface area (Å²) in [6.45, 7) is -0.339. The van der Waals surface area contributed by atoms with Crippen LogP contribution in [0.2, 0.25) is 0 Å². The van der Waals surface area contributed by atoms with E-state index in [1.54, 1.807) is 0 Å². The molecule has 0 amide bonds. The largest absolute Gasteiger partial charge is 0.398 e. The zero-order chi connectivity index (χ0) is 69.1. The highest BCUT2D eigenvalue weighted by Crippen LogP contribution is 2.40. The molecule has 498 valence electrons. The third kappa shape index (κ3) is 18.6. The predicted molar refractivity (Wildman–Crippen MR) is 330 cm³/mol. The predicted octanol–water partition coefficient (Wildman–Crippen LogP) is 7.15. The van der Waals surface area contributed by atoms with Gasteiger partial charge < -0.3 is 27.4 Å². The molecule has 0 aliphatic rings. The van der Waals surface area contributed by atoms with Crippen LogP contribution in [-0.2, 0) is 89.3 Å². The molecular formula is C48H44N14O24S8. The molecule has 0 spiro atoms. The number of nitrogens with zero attached hydrogens (tertiary/aromatic N) is 9. The number of rotatable bonds is 26. The number of sulfone groups is 2. The van der Waals surface area contributed by atoms with E-state index in [1.807, 2.05) is 0 Å². The fraction of sp³-hybridized carbons (Fsp3) is 0.104. The molecule has 7 aromatic carbocycles. The van der Waals surface area contributed by atoms with Crippen LogP contribution in [0.4, 0.5) is 80.4 Å².